The van der Waals surface area contributed by atoms with E-state index in [1.54, 1.807) is 18.2 Å². The van der Waals surface area contributed by atoms with Crippen LogP contribution in [0.5, 0.6) is 0 Å². The van der Waals surface area contributed by atoms with E-state index in [0.717, 1.165) is 60.6 Å². The first-order chi connectivity index (χ1) is 21.9. The molecule has 3 fully saturated rings. The van der Waals surface area contributed by atoms with Crippen LogP contribution in [-0.4, -0.2) is 107 Å². The van der Waals surface area contributed by atoms with Crippen LogP contribution in [0.3, 0.4) is 0 Å². The molecule has 0 bridgehead atoms. The maximum absolute atomic E-state index is 13.3. The maximum Gasteiger partial charge on any atom is 0.397 e. The number of imide groups is 2. The molecule has 2 aromatic rings. The van der Waals surface area contributed by atoms with E-state index < -0.39 is 48.2 Å². The molecule has 1 unspecified atom stereocenters. The smallest absolute Gasteiger partial charge is 0.340 e. The van der Waals surface area contributed by atoms with Crippen LogP contribution in [0.2, 0.25) is 0 Å². The number of hydrogen-bond acceptors (Lipinski definition) is 7. The Morgan fingerprint density at radius 2 is 1.50 bits per heavy atom. The van der Waals surface area contributed by atoms with Crippen molar-refractivity contribution in [3.05, 3.63) is 59.2 Å². The van der Waals surface area contributed by atoms with Gasteiger partial charge in [-0.2, -0.15) is 13.2 Å². The van der Waals surface area contributed by atoms with Crippen molar-refractivity contribution in [1.29, 1.82) is 0 Å². The summed E-state index contributed by atoms with van der Waals surface area (Å²) < 4.78 is 37.7. The van der Waals surface area contributed by atoms with E-state index in [1.165, 1.54) is 4.90 Å². The second-order valence-electron chi connectivity index (χ2n) is 12.6. The van der Waals surface area contributed by atoms with Gasteiger partial charge in [0.05, 0.1) is 11.1 Å². The van der Waals surface area contributed by atoms with E-state index in [-0.39, 0.29) is 24.0 Å². The summed E-state index contributed by atoms with van der Waals surface area (Å²) in [6.45, 7) is 5.32. The van der Waals surface area contributed by atoms with Crippen molar-refractivity contribution in [2.75, 3.05) is 45.8 Å². The molecule has 1 atom stereocenters. The van der Waals surface area contributed by atoms with Gasteiger partial charge in [0.25, 0.3) is 11.8 Å². The Balaban J connectivity index is 1.01. The van der Waals surface area contributed by atoms with Gasteiger partial charge in [0.15, 0.2) is 0 Å². The first-order valence-electron chi connectivity index (χ1n) is 15.7. The van der Waals surface area contributed by atoms with E-state index in [2.05, 4.69) is 27.2 Å². The highest BCUT2D eigenvalue weighted by atomic mass is 19.4. The molecule has 6 rings (SSSR count). The first kappa shape index (κ1) is 31.9. The molecule has 46 heavy (non-hydrogen) atoms. The lowest BCUT2D eigenvalue weighted by molar-refractivity contribution is -0.162. The molecule has 4 heterocycles. The van der Waals surface area contributed by atoms with Gasteiger partial charge in [-0.25, -0.2) is 0 Å². The van der Waals surface area contributed by atoms with E-state index in [4.69, 9.17) is 0 Å². The third-order valence-electron chi connectivity index (χ3n) is 9.41. The molecule has 0 aliphatic carbocycles. The standard InChI is InChI=1S/C33H36F3N5O5/c34-33(35,36)18-29(43)40-14-12-39(13-15-40)19-21-8-10-38(11-9-21)20-22-2-1-3-23(16-22)24-4-5-25-26(17-24)32(46)41(31(25)45)27-6-7-28(42)37-30(27)44/h1-5,16-17,21,27H,6-15,18-20H2,(H,37,42,44). The highest BCUT2D eigenvalue weighted by Crippen LogP contribution is 2.32. The van der Waals surface area contributed by atoms with Crippen molar-refractivity contribution in [2.24, 2.45) is 5.92 Å². The SMILES string of the molecule is O=C1CCC(N2C(=O)c3ccc(-c4cccc(CN5CCC(CN6CCN(C(=O)CC(F)(F)F)CC6)CC5)c4)cc3C2=O)C(=O)N1. The van der Waals surface area contributed by atoms with Crippen LogP contribution in [0.15, 0.2) is 42.5 Å². The number of likely N-dealkylation sites (tertiary alicyclic amines) is 1. The number of carbonyl (C=O) groups is 5. The quantitative estimate of drug-likeness (QED) is 0.464. The normalized spacial score (nSPS) is 21.9. The van der Waals surface area contributed by atoms with Gasteiger partial charge >= 0.3 is 6.18 Å². The number of rotatable bonds is 7. The Morgan fingerprint density at radius 1 is 0.804 bits per heavy atom. The van der Waals surface area contributed by atoms with E-state index in [9.17, 15) is 37.1 Å². The molecular formula is C33H36F3N5O5. The van der Waals surface area contributed by atoms with Crippen molar-refractivity contribution >= 4 is 29.5 Å². The zero-order chi connectivity index (χ0) is 32.6. The summed E-state index contributed by atoms with van der Waals surface area (Å²) in [5.74, 6) is -2.47. The second kappa shape index (κ2) is 13.0. The van der Waals surface area contributed by atoms with Gasteiger partial charge in [0.2, 0.25) is 17.7 Å². The summed E-state index contributed by atoms with van der Waals surface area (Å²) in [5.41, 5.74) is 3.29. The molecule has 0 aromatic heterocycles. The Kier molecular flexibility index (Phi) is 8.97. The number of nitrogens with one attached hydrogen (secondary N) is 1. The minimum absolute atomic E-state index is 0.0665. The van der Waals surface area contributed by atoms with Crippen molar-refractivity contribution in [3.63, 3.8) is 0 Å². The van der Waals surface area contributed by atoms with Gasteiger partial charge in [-0.1, -0.05) is 24.3 Å². The van der Waals surface area contributed by atoms with Gasteiger partial charge in [0, 0.05) is 45.7 Å². The lowest BCUT2D eigenvalue weighted by Gasteiger charge is -2.39. The van der Waals surface area contributed by atoms with Gasteiger partial charge in [-0.05, 0) is 73.2 Å². The van der Waals surface area contributed by atoms with Crippen LogP contribution in [0.1, 0.15) is 58.4 Å². The van der Waals surface area contributed by atoms with E-state index in [0.29, 0.717) is 32.1 Å². The molecule has 3 saturated heterocycles. The fourth-order valence-electron chi connectivity index (χ4n) is 6.91. The molecule has 2 aromatic carbocycles. The zero-order valence-electron chi connectivity index (χ0n) is 25.4. The highest BCUT2D eigenvalue weighted by molar-refractivity contribution is 6.23. The highest BCUT2D eigenvalue weighted by Gasteiger charge is 2.44. The fraction of sp³-hybridized carbons (Fsp3) is 0.485. The Morgan fingerprint density at radius 3 is 2.20 bits per heavy atom. The number of fused-ring (bicyclic) bond motifs is 1. The van der Waals surface area contributed by atoms with Crippen molar-refractivity contribution in [1.82, 2.24) is 24.9 Å². The van der Waals surface area contributed by atoms with Crippen LogP contribution in [0.25, 0.3) is 11.1 Å². The summed E-state index contributed by atoms with van der Waals surface area (Å²) >= 11 is 0. The van der Waals surface area contributed by atoms with Gasteiger partial charge in [0.1, 0.15) is 12.5 Å². The topological polar surface area (TPSA) is 110 Å². The van der Waals surface area contributed by atoms with Crippen LogP contribution in [0.4, 0.5) is 13.2 Å². The number of alkyl halides is 3. The van der Waals surface area contributed by atoms with Crippen molar-refractivity contribution < 1.29 is 37.1 Å². The summed E-state index contributed by atoms with van der Waals surface area (Å²) in [5, 5.41) is 2.21. The lowest BCUT2D eigenvalue weighted by Crippen LogP contribution is -2.54. The molecule has 10 nitrogen and oxygen atoms in total. The first-order valence-corrected chi connectivity index (χ1v) is 15.7. The monoisotopic (exact) mass is 639 g/mol. The molecule has 0 spiro atoms. The number of piperazine rings is 1. The second-order valence-corrected chi connectivity index (χ2v) is 12.6. The Bertz CT molecular complexity index is 1550. The number of hydrogen-bond donors (Lipinski definition) is 1. The van der Waals surface area contributed by atoms with E-state index in [1.807, 2.05) is 12.1 Å². The molecule has 13 heteroatoms. The summed E-state index contributed by atoms with van der Waals surface area (Å²) in [6.07, 6.45) is -3.67. The molecule has 0 saturated carbocycles. The van der Waals surface area contributed by atoms with Gasteiger partial charge in [-0.3, -0.25) is 44.0 Å². The third kappa shape index (κ3) is 7.00. The number of halogens is 3. The number of carbonyl (C=O) groups excluding carboxylic acids is 5. The summed E-state index contributed by atoms with van der Waals surface area (Å²) in [4.78, 5) is 69.1. The van der Waals surface area contributed by atoms with Crippen LogP contribution in [0, 0.1) is 5.92 Å². The van der Waals surface area contributed by atoms with Crippen LogP contribution >= 0.6 is 0 Å². The molecule has 1 N–H and O–H groups in total. The van der Waals surface area contributed by atoms with E-state index >= 15 is 0 Å². The van der Waals surface area contributed by atoms with Gasteiger partial charge in [-0.15, -0.1) is 0 Å². The minimum atomic E-state index is -4.48. The predicted molar refractivity (Wildman–Crippen MR) is 160 cm³/mol. The molecule has 4 aliphatic heterocycles. The maximum atomic E-state index is 13.3. The molecule has 0 radical (unpaired) electrons. The molecule has 5 amide bonds. The Labute approximate surface area is 264 Å². The molecule has 244 valence electrons. The number of piperidine rings is 2. The zero-order valence-corrected chi connectivity index (χ0v) is 25.4. The third-order valence-corrected chi connectivity index (χ3v) is 9.41. The summed E-state index contributed by atoms with van der Waals surface area (Å²) in [7, 11) is 0. The number of nitrogens with zero attached hydrogens (tertiary/aromatic N) is 4. The van der Waals surface area contributed by atoms with Crippen LogP contribution in [-0.2, 0) is 20.9 Å². The Hall–Kier alpha value is -4.10. The minimum Gasteiger partial charge on any atom is -0.340 e. The predicted octanol–water partition coefficient (Wildman–Crippen LogP) is 3.06. The van der Waals surface area contributed by atoms with Crippen LogP contribution < -0.4 is 5.32 Å². The molecule has 4 aliphatic rings. The van der Waals surface area contributed by atoms with Gasteiger partial charge < -0.3 is 4.90 Å². The summed E-state index contributed by atoms with van der Waals surface area (Å²) in [6, 6.07) is 12.2. The average molecular weight is 640 g/mol. The average Bonchev–Trinajstić information content (AvgIpc) is 3.26. The van der Waals surface area contributed by atoms with Crippen molar-refractivity contribution in [2.45, 2.75) is 50.9 Å². The number of amides is 5. The molecular weight excluding hydrogens is 603 g/mol. The largest absolute Gasteiger partial charge is 0.397 e. The lowest BCUT2D eigenvalue weighted by atomic mass is 9.95. The fourth-order valence-corrected chi connectivity index (χ4v) is 6.91. The number of benzene rings is 2. The van der Waals surface area contributed by atoms with Crippen molar-refractivity contribution in [3.8, 4) is 11.1 Å².